The van der Waals surface area contributed by atoms with Gasteiger partial charge in [0.2, 0.25) is 0 Å². The van der Waals surface area contributed by atoms with Gasteiger partial charge in [-0.15, -0.1) is 0 Å². The molecule has 0 radical (unpaired) electrons. The summed E-state index contributed by atoms with van der Waals surface area (Å²) in [5, 5.41) is 3.16. The Morgan fingerprint density at radius 1 is 1.10 bits per heavy atom. The van der Waals surface area contributed by atoms with Crippen LogP contribution in [0.4, 0.5) is 0 Å². The molecule has 0 spiro atoms. The topological polar surface area (TPSA) is 37.8 Å². The van der Waals surface area contributed by atoms with Gasteiger partial charge in [0, 0.05) is 22.2 Å². The van der Waals surface area contributed by atoms with Crippen molar-refractivity contribution in [1.82, 2.24) is 9.78 Å². The van der Waals surface area contributed by atoms with Gasteiger partial charge in [-0.25, -0.2) is 4.68 Å². The summed E-state index contributed by atoms with van der Waals surface area (Å²) >= 11 is 3.43. The fourth-order valence-corrected chi connectivity index (χ4v) is 2.77. The van der Waals surface area contributed by atoms with Crippen LogP contribution >= 0.6 is 15.9 Å². The SMILES string of the molecule is Cc1[nH]n(-c2cccc(Br)c2)c(=O)c1Cc1ccccc1. The predicted molar refractivity (Wildman–Crippen MR) is 88.1 cm³/mol. The largest absolute Gasteiger partial charge is 0.295 e. The molecule has 1 heterocycles. The molecule has 106 valence electrons. The van der Waals surface area contributed by atoms with Gasteiger partial charge >= 0.3 is 0 Å². The standard InChI is InChI=1S/C17H15BrN2O/c1-12-16(10-13-6-3-2-4-7-13)17(21)20(19-12)15-9-5-8-14(18)11-15/h2-9,11,19H,10H2,1H3. The van der Waals surface area contributed by atoms with Gasteiger partial charge in [-0.1, -0.05) is 52.3 Å². The van der Waals surface area contributed by atoms with Crippen LogP contribution in [0.3, 0.4) is 0 Å². The number of H-pyrrole nitrogens is 1. The van der Waals surface area contributed by atoms with Gasteiger partial charge in [-0.05, 0) is 30.7 Å². The van der Waals surface area contributed by atoms with Crippen LogP contribution in [0.5, 0.6) is 0 Å². The normalized spacial score (nSPS) is 10.8. The summed E-state index contributed by atoms with van der Waals surface area (Å²) < 4.78 is 2.54. The summed E-state index contributed by atoms with van der Waals surface area (Å²) in [4.78, 5) is 12.6. The minimum Gasteiger partial charge on any atom is -0.295 e. The third-order valence-corrected chi connectivity index (χ3v) is 3.98. The Hall–Kier alpha value is -2.07. The molecule has 3 aromatic rings. The second-order valence-corrected chi connectivity index (χ2v) is 5.91. The second-order valence-electron chi connectivity index (χ2n) is 5.00. The third kappa shape index (κ3) is 2.85. The molecule has 21 heavy (non-hydrogen) atoms. The average Bonchev–Trinajstić information content (AvgIpc) is 2.76. The summed E-state index contributed by atoms with van der Waals surface area (Å²) in [6.07, 6.45) is 0.642. The summed E-state index contributed by atoms with van der Waals surface area (Å²) in [5.41, 5.74) is 3.69. The van der Waals surface area contributed by atoms with Gasteiger partial charge in [0.25, 0.3) is 5.56 Å². The summed E-state index contributed by atoms with van der Waals surface area (Å²) in [5.74, 6) is 0. The molecule has 0 aliphatic rings. The lowest BCUT2D eigenvalue weighted by atomic mass is 10.1. The molecule has 0 saturated heterocycles. The monoisotopic (exact) mass is 342 g/mol. The first-order valence-corrected chi connectivity index (χ1v) is 7.55. The van der Waals surface area contributed by atoms with Crippen LogP contribution in [0.1, 0.15) is 16.8 Å². The molecule has 1 aromatic heterocycles. The van der Waals surface area contributed by atoms with Crippen molar-refractivity contribution in [2.75, 3.05) is 0 Å². The Morgan fingerprint density at radius 3 is 2.57 bits per heavy atom. The summed E-state index contributed by atoms with van der Waals surface area (Å²) in [7, 11) is 0. The van der Waals surface area contributed by atoms with E-state index < -0.39 is 0 Å². The number of nitrogens with one attached hydrogen (secondary N) is 1. The van der Waals surface area contributed by atoms with Gasteiger partial charge in [-0.2, -0.15) is 0 Å². The molecule has 2 aromatic carbocycles. The van der Waals surface area contributed by atoms with E-state index in [1.54, 1.807) is 4.68 Å². The number of aromatic amines is 1. The number of aromatic nitrogens is 2. The summed E-state index contributed by atoms with van der Waals surface area (Å²) in [6, 6.07) is 17.7. The molecule has 3 nitrogen and oxygen atoms in total. The Bertz CT molecular complexity index is 818. The van der Waals surface area contributed by atoms with Gasteiger partial charge in [0.1, 0.15) is 0 Å². The molecule has 0 aliphatic heterocycles. The van der Waals surface area contributed by atoms with E-state index in [1.807, 2.05) is 61.5 Å². The number of benzene rings is 2. The lowest BCUT2D eigenvalue weighted by Crippen LogP contribution is -2.17. The minimum absolute atomic E-state index is 0.00875. The van der Waals surface area contributed by atoms with E-state index in [0.29, 0.717) is 6.42 Å². The highest BCUT2D eigenvalue weighted by Crippen LogP contribution is 2.15. The molecule has 0 amide bonds. The quantitative estimate of drug-likeness (QED) is 0.771. The van der Waals surface area contributed by atoms with Crippen molar-refractivity contribution in [1.29, 1.82) is 0 Å². The number of halogens is 1. The molecule has 4 heteroatoms. The smallest absolute Gasteiger partial charge is 0.274 e. The highest BCUT2D eigenvalue weighted by Gasteiger charge is 2.12. The van der Waals surface area contributed by atoms with E-state index in [-0.39, 0.29) is 5.56 Å². The number of aryl methyl sites for hydroxylation is 1. The highest BCUT2D eigenvalue weighted by atomic mass is 79.9. The van der Waals surface area contributed by atoms with E-state index in [0.717, 1.165) is 27.0 Å². The highest BCUT2D eigenvalue weighted by molar-refractivity contribution is 9.10. The first-order chi connectivity index (χ1) is 10.1. The summed E-state index contributed by atoms with van der Waals surface area (Å²) in [6.45, 7) is 1.94. The first kappa shape index (κ1) is 13.9. The van der Waals surface area contributed by atoms with E-state index in [2.05, 4.69) is 21.0 Å². The molecule has 0 aliphatic carbocycles. The van der Waals surface area contributed by atoms with Crippen LogP contribution in [0.2, 0.25) is 0 Å². The number of hydrogen-bond acceptors (Lipinski definition) is 1. The van der Waals surface area contributed by atoms with Crippen LogP contribution in [0.25, 0.3) is 5.69 Å². The maximum Gasteiger partial charge on any atom is 0.274 e. The number of hydrogen-bond donors (Lipinski definition) is 1. The molecule has 0 atom stereocenters. The van der Waals surface area contributed by atoms with Crippen LogP contribution in [0.15, 0.2) is 63.9 Å². The van der Waals surface area contributed by atoms with Gasteiger partial charge in [0.05, 0.1) is 5.69 Å². The average molecular weight is 343 g/mol. The number of rotatable bonds is 3. The Kier molecular flexibility index (Phi) is 3.80. The molecule has 0 fully saturated rings. The van der Waals surface area contributed by atoms with Crippen molar-refractivity contribution in [3.05, 3.63) is 86.2 Å². The van der Waals surface area contributed by atoms with E-state index in [1.165, 1.54) is 0 Å². The van der Waals surface area contributed by atoms with Crippen molar-refractivity contribution in [2.45, 2.75) is 13.3 Å². The first-order valence-electron chi connectivity index (χ1n) is 6.75. The Labute approximate surface area is 131 Å². The zero-order chi connectivity index (χ0) is 14.8. The lowest BCUT2D eigenvalue weighted by Gasteiger charge is -2.01. The number of nitrogens with zero attached hydrogens (tertiary/aromatic N) is 1. The van der Waals surface area contributed by atoms with Gasteiger partial charge in [-0.3, -0.25) is 9.89 Å². The van der Waals surface area contributed by atoms with Gasteiger partial charge < -0.3 is 0 Å². The second kappa shape index (κ2) is 5.74. The van der Waals surface area contributed by atoms with Crippen LogP contribution in [-0.4, -0.2) is 9.78 Å². The fourth-order valence-electron chi connectivity index (χ4n) is 2.39. The van der Waals surface area contributed by atoms with Gasteiger partial charge in [0.15, 0.2) is 0 Å². The zero-order valence-electron chi connectivity index (χ0n) is 11.6. The predicted octanol–water partition coefficient (Wildman–Crippen LogP) is 3.83. The van der Waals surface area contributed by atoms with E-state index in [4.69, 9.17) is 0 Å². The zero-order valence-corrected chi connectivity index (χ0v) is 13.2. The van der Waals surface area contributed by atoms with Crippen molar-refractivity contribution in [3.63, 3.8) is 0 Å². The molecule has 1 N–H and O–H groups in total. The Balaban J connectivity index is 2.03. The maximum atomic E-state index is 12.6. The van der Waals surface area contributed by atoms with E-state index in [9.17, 15) is 4.79 Å². The van der Waals surface area contributed by atoms with Crippen molar-refractivity contribution in [3.8, 4) is 5.69 Å². The third-order valence-electron chi connectivity index (χ3n) is 3.48. The minimum atomic E-state index is 0.00875. The molecule has 0 saturated carbocycles. The molecule has 0 bridgehead atoms. The van der Waals surface area contributed by atoms with Crippen LogP contribution in [-0.2, 0) is 6.42 Å². The van der Waals surface area contributed by atoms with E-state index >= 15 is 0 Å². The molecular weight excluding hydrogens is 328 g/mol. The maximum absolute atomic E-state index is 12.6. The lowest BCUT2D eigenvalue weighted by molar-refractivity contribution is 0.834. The van der Waals surface area contributed by atoms with Crippen LogP contribution < -0.4 is 5.56 Å². The Morgan fingerprint density at radius 2 is 1.86 bits per heavy atom. The van der Waals surface area contributed by atoms with Crippen LogP contribution in [0, 0.1) is 6.92 Å². The molecule has 0 unspecified atom stereocenters. The van der Waals surface area contributed by atoms with Crippen molar-refractivity contribution in [2.24, 2.45) is 0 Å². The molecular formula is C17H15BrN2O. The van der Waals surface area contributed by atoms with Crippen molar-refractivity contribution >= 4 is 15.9 Å². The van der Waals surface area contributed by atoms with Crippen molar-refractivity contribution < 1.29 is 0 Å². The fraction of sp³-hybridized carbons (Fsp3) is 0.118. The molecule has 3 rings (SSSR count).